The zero-order chi connectivity index (χ0) is 15.3. The summed E-state index contributed by atoms with van der Waals surface area (Å²) in [5.74, 6) is 1.90. The van der Waals surface area contributed by atoms with Gasteiger partial charge in [-0.05, 0) is 48.7 Å². The molecule has 1 atom stereocenters. The van der Waals surface area contributed by atoms with E-state index in [2.05, 4.69) is 30.1 Å². The van der Waals surface area contributed by atoms with Gasteiger partial charge in [0.2, 0.25) is 0 Å². The van der Waals surface area contributed by atoms with Crippen LogP contribution in [0.2, 0.25) is 0 Å². The Kier molecular flexibility index (Phi) is 3.12. The second-order valence-corrected chi connectivity index (χ2v) is 6.15. The third-order valence-corrected chi connectivity index (χ3v) is 5.13. The topological polar surface area (TPSA) is 21.7 Å². The van der Waals surface area contributed by atoms with E-state index in [1.807, 2.05) is 12.1 Å². The molecule has 2 aromatic rings. The largest absolute Gasteiger partial charge is 0.496 e. The van der Waals surface area contributed by atoms with Crippen LogP contribution in [0.1, 0.15) is 22.7 Å². The van der Waals surface area contributed by atoms with E-state index in [1.165, 1.54) is 27.8 Å². The first-order valence-electron chi connectivity index (χ1n) is 7.81. The maximum atomic E-state index is 5.65. The van der Waals surface area contributed by atoms with Gasteiger partial charge in [-0.15, -0.1) is 0 Å². The quantitative estimate of drug-likeness (QED) is 0.847. The van der Waals surface area contributed by atoms with Gasteiger partial charge in [0.1, 0.15) is 11.5 Å². The van der Waals surface area contributed by atoms with Gasteiger partial charge in [0.15, 0.2) is 0 Å². The predicted molar refractivity (Wildman–Crippen MR) is 87.8 cm³/mol. The first kappa shape index (κ1) is 13.6. The molecule has 3 heteroatoms. The van der Waals surface area contributed by atoms with Crippen LogP contribution in [0, 0.1) is 0 Å². The molecule has 0 radical (unpaired) electrons. The first-order valence-corrected chi connectivity index (χ1v) is 7.81. The maximum Gasteiger partial charge on any atom is 0.127 e. The Morgan fingerprint density at radius 1 is 1.05 bits per heavy atom. The molecular weight excluding hydrogens is 274 g/mol. The molecule has 0 fully saturated rings. The highest BCUT2D eigenvalue weighted by Gasteiger charge is 2.35. The summed E-state index contributed by atoms with van der Waals surface area (Å²) in [5, 5.41) is 0. The summed E-state index contributed by atoms with van der Waals surface area (Å²) < 4.78 is 11.3. The number of methoxy groups -OCH3 is 2. The van der Waals surface area contributed by atoms with Crippen molar-refractivity contribution in [3.05, 3.63) is 47.0 Å². The van der Waals surface area contributed by atoms with Gasteiger partial charge >= 0.3 is 0 Å². The zero-order valence-electron chi connectivity index (χ0n) is 13.3. The summed E-state index contributed by atoms with van der Waals surface area (Å²) in [5.41, 5.74) is 6.76. The third-order valence-electron chi connectivity index (χ3n) is 5.13. The Labute approximate surface area is 131 Å². The number of rotatable bonds is 2. The van der Waals surface area contributed by atoms with Crippen LogP contribution < -0.4 is 9.47 Å². The van der Waals surface area contributed by atoms with Crippen LogP contribution in [0.25, 0.3) is 11.1 Å². The second kappa shape index (κ2) is 5.03. The molecule has 3 nitrogen and oxygen atoms in total. The van der Waals surface area contributed by atoms with Crippen LogP contribution in [-0.2, 0) is 12.8 Å². The average Bonchev–Trinajstić information content (AvgIpc) is 2.57. The van der Waals surface area contributed by atoms with Crippen molar-refractivity contribution in [2.75, 3.05) is 27.8 Å². The Hall–Kier alpha value is -2.00. The van der Waals surface area contributed by atoms with E-state index >= 15 is 0 Å². The fraction of sp³-hybridized carbons (Fsp3) is 0.368. The van der Waals surface area contributed by atoms with Crippen molar-refractivity contribution in [1.29, 1.82) is 0 Å². The highest BCUT2D eigenvalue weighted by atomic mass is 16.5. The van der Waals surface area contributed by atoms with Gasteiger partial charge in [0.05, 0.1) is 14.2 Å². The zero-order valence-corrected chi connectivity index (χ0v) is 13.3. The van der Waals surface area contributed by atoms with E-state index in [0.29, 0.717) is 6.04 Å². The SMILES string of the molecule is COc1ccc(OC)c2c1C[C@@H]1c3c(cccc3-2)CCN1C. The Morgan fingerprint density at radius 3 is 2.59 bits per heavy atom. The van der Waals surface area contributed by atoms with Crippen LogP contribution in [0.15, 0.2) is 30.3 Å². The van der Waals surface area contributed by atoms with Crippen LogP contribution in [0.5, 0.6) is 11.5 Å². The van der Waals surface area contributed by atoms with Crippen molar-refractivity contribution in [3.63, 3.8) is 0 Å². The molecule has 2 aliphatic rings. The van der Waals surface area contributed by atoms with Crippen LogP contribution in [0.3, 0.4) is 0 Å². The molecule has 0 aromatic heterocycles. The van der Waals surface area contributed by atoms with Crippen molar-refractivity contribution in [2.45, 2.75) is 18.9 Å². The molecule has 0 unspecified atom stereocenters. The van der Waals surface area contributed by atoms with Gasteiger partial charge in [0.25, 0.3) is 0 Å². The molecule has 0 saturated carbocycles. The highest BCUT2D eigenvalue weighted by Crippen LogP contribution is 2.50. The van der Waals surface area contributed by atoms with E-state index in [9.17, 15) is 0 Å². The standard InChI is InChI=1S/C19H21NO2/c1-20-10-9-12-5-4-6-13-18(12)15(20)11-14-16(21-2)7-8-17(22-3)19(13)14/h4-8,15H,9-11H2,1-3H3/t15-/m1/s1. The van der Waals surface area contributed by atoms with Crippen molar-refractivity contribution in [3.8, 4) is 22.6 Å². The number of hydrogen-bond donors (Lipinski definition) is 0. The smallest absolute Gasteiger partial charge is 0.127 e. The lowest BCUT2D eigenvalue weighted by atomic mass is 9.76. The molecule has 22 heavy (non-hydrogen) atoms. The minimum absolute atomic E-state index is 0.438. The average molecular weight is 295 g/mol. The monoisotopic (exact) mass is 295 g/mol. The summed E-state index contributed by atoms with van der Waals surface area (Å²) in [6.07, 6.45) is 2.11. The van der Waals surface area contributed by atoms with E-state index in [-0.39, 0.29) is 0 Å². The molecule has 1 aliphatic carbocycles. The normalized spacial score (nSPS) is 19.3. The van der Waals surface area contributed by atoms with Gasteiger partial charge in [-0.2, -0.15) is 0 Å². The molecular formula is C19H21NO2. The molecule has 0 amide bonds. The van der Waals surface area contributed by atoms with Crippen LogP contribution >= 0.6 is 0 Å². The Morgan fingerprint density at radius 2 is 1.82 bits per heavy atom. The highest BCUT2D eigenvalue weighted by molar-refractivity contribution is 5.82. The first-order chi connectivity index (χ1) is 10.7. The lowest BCUT2D eigenvalue weighted by Crippen LogP contribution is -2.35. The minimum Gasteiger partial charge on any atom is -0.496 e. The number of hydrogen-bond acceptors (Lipinski definition) is 3. The van der Waals surface area contributed by atoms with Gasteiger partial charge in [-0.25, -0.2) is 0 Å². The molecule has 0 spiro atoms. The van der Waals surface area contributed by atoms with Crippen molar-refractivity contribution < 1.29 is 9.47 Å². The fourth-order valence-corrected chi connectivity index (χ4v) is 4.03. The molecule has 114 valence electrons. The van der Waals surface area contributed by atoms with Crippen LogP contribution in [-0.4, -0.2) is 32.7 Å². The minimum atomic E-state index is 0.438. The predicted octanol–water partition coefficient (Wildman–Crippen LogP) is 3.46. The van der Waals surface area contributed by atoms with Crippen molar-refractivity contribution in [1.82, 2.24) is 4.90 Å². The Bertz CT molecular complexity index is 738. The van der Waals surface area contributed by atoms with Crippen molar-refractivity contribution in [2.24, 2.45) is 0 Å². The summed E-state index contributed by atoms with van der Waals surface area (Å²) in [6.45, 7) is 1.11. The number of likely N-dealkylation sites (N-methyl/N-ethyl adjacent to an activating group) is 1. The molecule has 1 heterocycles. The maximum absolute atomic E-state index is 5.65. The van der Waals surface area contributed by atoms with Gasteiger partial charge in [0, 0.05) is 23.7 Å². The third kappa shape index (κ3) is 1.78. The van der Waals surface area contributed by atoms with Gasteiger partial charge < -0.3 is 9.47 Å². The number of benzene rings is 2. The molecule has 0 N–H and O–H groups in total. The molecule has 0 saturated heterocycles. The summed E-state index contributed by atoms with van der Waals surface area (Å²) >= 11 is 0. The Balaban J connectivity index is 2.04. The number of nitrogens with zero attached hydrogens (tertiary/aromatic N) is 1. The summed E-state index contributed by atoms with van der Waals surface area (Å²) in [7, 11) is 5.72. The van der Waals surface area contributed by atoms with Crippen molar-refractivity contribution >= 4 is 0 Å². The van der Waals surface area contributed by atoms with E-state index in [0.717, 1.165) is 30.9 Å². The van der Waals surface area contributed by atoms with E-state index in [1.54, 1.807) is 14.2 Å². The lowest BCUT2D eigenvalue weighted by Gasteiger charge is -2.40. The van der Waals surface area contributed by atoms with Crippen LogP contribution in [0.4, 0.5) is 0 Å². The number of fused-ring (bicyclic) bond motifs is 2. The number of ether oxygens (including phenoxy) is 2. The second-order valence-electron chi connectivity index (χ2n) is 6.15. The lowest BCUT2D eigenvalue weighted by molar-refractivity contribution is 0.226. The molecule has 2 aromatic carbocycles. The molecule has 4 rings (SSSR count). The van der Waals surface area contributed by atoms with Gasteiger partial charge in [-0.1, -0.05) is 18.2 Å². The van der Waals surface area contributed by atoms with Gasteiger partial charge in [-0.3, -0.25) is 4.90 Å². The molecule has 1 aliphatic heterocycles. The fourth-order valence-electron chi connectivity index (χ4n) is 4.03. The van der Waals surface area contributed by atoms with E-state index in [4.69, 9.17) is 9.47 Å². The molecule has 0 bridgehead atoms. The van der Waals surface area contributed by atoms with E-state index < -0.39 is 0 Å². The summed E-state index contributed by atoms with van der Waals surface area (Å²) in [4.78, 5) is 2.47. The summed E-state index contributed by atoms with van der Waals surface area (Å²) in [6, 6.07) is 11.2.